The van der Waals surface area contributed by atoms with E-state index in [0.29, 0.717) is 25.1 Å². The largest absolute Gasteiger partial charge is 0.497 e. The second-order valence-corrected chi connectivity index (χ2v) is 10.3. The van der Waals surface area contributed by atoms with Gasteiger partial charge in [0, 0.05) is 20.0 Å². The summed E-state index contributed by atoms with van der Waals surface area (Å²) in [6, 6.07) is 12.9. The minimum Gasteiger partial charge on any atom is -0.497 e. The summed E-state index contributed by atoms with van der Waals surface area (Å²) in [5.41, 5.74) is 1.36. The van der Waals surface area contributed by atoms with Gasteiger partial charge >= 0.3 is 0 Å². The number of rotatable bonds is 8. The molecule has 4 amide bonds. The number of methoxy groups -OCH3 is 1. The van der Waals surface area contributed by atoms with Crippen molar-refractivity contribution < 1.29 is 28.7 Å². The zero-order chi connectivity index (χ0) is 29.8. The van der Waals surface area contributed by atoms with Crippen molar-refractivity contribution in [1.29, 1.82) is 0 Å². The predicted octanol–water partition coefficient (Wildman–Crippen LogP) is 2.70. The molecule has 222 valence electrons. The minimum absolute atomic E-state index is 0.0374. The van der Waals surface area contributed by atoms with Gasteiger partial charge in [-0.25, -0.2) is 0 Å². The third-order valence-electron chi connectivity index (χ3n) is 7.35. The maximum Gasteiger partial charge on any atom is 0.255 e. The van der Waals surface area contributed by atoms with E-state index in [1.807, 2.05) is 38.1 Å². The molecule has 1 heterocycles. The fourth-order valence-electron chi connectivity index (χ4n) is 4.58. The maximum atomic E-state index is 13.3. The number of likely N-dealkylation sites (N-methyl/N-ethyl adjacent to an activating group) is 1. The highest BCUT2D eigenvalue weighted by molar-refractivity contribution is 5.99. The van der Waals surface area contributed by atoms with Crippen LogP contribution in [0.2, 0.25) is 0 Å². The van der Waals surface area contributed by atoms with Crippen LogP contribution in [0.25, 0.3) is 0 Å². The van der Waals surface area contributed by atoms with Crippen LogP contribution >= 0.6 is 0 Å². The van der Waals surface area contributed by atoms with Crippen molar-refractivity contribution in [2.75, 3.05) is 33.9 Å². The molecule has 3 rings (SSSR count). The van der Waals surface area contributed by atoms with Gasteiger partial charge < -0.3 is 30.3 Å². The molecule has 0 saturated carbocycles. The highest BCUT2D eigenvalue weighted by Crippen LogP contribution is 2.19. The topological polar surface area (TPSA) is 126 Å². The van der Waals surface area contributed by atoms with Crippen molar-refractivity contribution >= 4 is 23.6 Å². The standard InChI is InChI=1S/C31H42N4O6/c1-5-21(2)28-31(39)35(3)18-19-41-26-14-7-6-13-24(26)29(37)33-25(15-16-27(36)34-28)30(38)32-17-9-11-22-10-8-12-23(20-22)40-4/h6-8,10,12-14,20-21,25,28H,5,9,11,15-19H2,1-4H3,(H,32,38)(H,33,37)(H,34,36)/t21-,25-,28-/m0/s1. The maximum absolute atomic E-state index is 13.3. The number of hydrogen-bond donors (Lipinski definition) is 3. The molecule has 0 bridgehead atoms. The Kier molecular flexibility index (Phi) is 12.0. The number of benzene rings is 2. The van der Waals surface area contributed by atoms with Gasteiger partial charge in [0.15, 0.2) is 0 Å². The molecule has 0 spiro atoms. The lowest BCUT2D eigenvalue weighted by molar-refractivity contribution is -0.137. The van der Waals surface area contributed by atoms with Crippen molar-refractivity contribution in [2.45, 2.75) is 58.0 Å². The molecule has 0 radical (unpaired) electrons. The van der Waals surface area contributed by atoms with Crippen molar-refractivity contribution in [1.82, 2.24) is 20.9 Å². The lowest BCUT2D eigenvalue weighted by Gasteiger charge is -2.28. The molecule has 0 aromatic heterocycles. The van der Waals surface area contributed by atoms with Gasteiger partial charge in [-0.15, -0.1) is 0 Å². The molecule has 10 heteroatoms. The number of hydrogen-bond acceptors (Lipinski definition) is 6. The molecule has 41 heavy (non-hydrogen) atoms. The van der Waals surface area contributed by atoms with E-state index in [9.17, 15) is 19.2 Å². The fraction of sp³-hybridized carbons (Fsp3) is 0.484. The Labute approximate surface area is 242 Å². The van der Waals surface area contributed by atoms with Crippen LogP contribution in [0.3, 0.4) is 0 Å². The third kappa shape index (κ3) is 9.23. The number of ether oxygens (including phenoxy) is 2. The van der Waals surface area contributed by atoms with E-state index in [0.717, 1.165) is 17.7 Å². The number of nitrogens with zero attached hydrogens (tertiary/aromatic N) is 1. The number of aryl methyl sites for hydroxylation is 1. The minimum atomic E-state index is -0.955. The molecule has 3 atom stereocenters. The monoisotopic (exact) mass is 566 g/mol. The van der Waals surface area contributed by atoms with Gasteiger partial charge in [0.05, 0.1) is 19.2 Å². The number of nitrogens with one attached hydrogen (secondary N) is 3. The highest BCUT2D eigenvalue weighted by Gasteiger charge is 2.30. The Morgan fingerprint density at radius 1 is 1.15 bits per heavy atom. The quantitative estimate of drug-likeness (QED) is 0.422. The van der Waals surface area contributed by atoms with Crippen LogP contribution in [-0.4, -0.2) is 74.5 Å². The van der Waals surface area contributed by atoms with Crippen LogP contribution in [0, 0.1) is 5.92 Å². The Bertz CT molecular complexity index is 1200. The third-order valence-corrected chi connectivity index (χ3v) is 7.35. The first-order chi connectivity index (χ1) is 19.7. The average molecular weight is 567 g/mol. The van der Waals surface area contributed by atoms with Gasteiger partial charge in [-0.2, -0.15) is 0 Å². The van der Waals surface area contributed by atoms with E-state index < -0.39 is 18.0 Å². The van der Waals surface area contributed by atoms with Crippen molar-refractivity contribution in [3.63, 3.8) is 0 Å². The number of amides is 4. The van der Waals surface area contributed by atoms with Crippen molar-refractivity contribution in [2.24, 2.45) is 5.92 Å². The zero-order valence-corrected chi connectivity index (χ0v) is 24.4. The second-order valence-electron chi connectivity index (χ2n) is 10.3. The molecular formula is C31H42N4O6. The van der Waals surface area contributed by atoms with Crippen LogP contribution in [0.1, 0.15) is 55.5 Å². The van der Waals surface area contributed by atoms with Crippen LogP contribution in [-0.2, 0) is 20.8 Å². The van der Waals surface area contributed by atoms with E-state index in [1.54, 1.807) is 38.4 Å². The molecule has 0 unspecified atom stereocenters. The summed E-state index contributed by atoms with van der Waals surface area (Å²) in [5, 5.41) is 8.55. The SMILES string of the molecule is CC[C@H](C)[C@@H]1NC(=O)CC[C@@H](C(=O)NCCCc2cccc(OC)c2)NC(=O)c2ccccc2OCCN(C)C1=O. The summed E-state index contributed by atoms with van der Waals surface area (Å²) in [5.74, 6) is -0.382. The summed E-state index contributed by atoms with van der Waals surface area (Å²) in [4.78, 5) is 54.2. The first kappa shape index (κ1) is 31.4. The van der Waals surface area contributed by atoms with Gasteiger partial charge in [-0.05, 0) is 55.0 Å². The Balaban J connectivity index is 1.74. The van der Waals surface area contributed by atoms with E-state index >= 15 is 0 Å². The number of para-hydroxylation sites is 1. The smallest absolute Gasteiger partial charge is 0.255 e. The molecule has 2 aromatic carbocycles. The lowest BCUT2D eigenvalue weighted by atomic mass is 9.97. The average Bonchev–Trinajstić information content (AvgIpc) is 2.99. The first-order valence-corrected chi connectivity index (χ1v) is 14.2. The molecule has 0 saturated heterocycles. The summed E-state index contributed by atoms with van der Waals surface area (Å²) < 4.78 is 11.1. The van der Waals surface area contributed by atoms with Crippen LogP contribution in [0.5, 0.6) is 11.5 Å². The first-order valence-electron chi connectivity index (χ1n) is 14.2. The Morgan fingerprint density at radius 2 is 1.93 bits per heavy atom. The van der Waals surface area contributed by atoms with Crippen molar-refractivity contribution in [3.8, 4) is 11.5 Å². The van der Waals surface area contributed by atoms with Gasteiger partial charge in [-0.3, -0.25) is 19.2 Å². The van der Waals surface area contributed by atoms with Crippen LogP contribution in [0.15, 0.2) is 48.5 Å². The summed E-state index contributed by atoms with van der Waals surface area (Å²) >= 11 is 0. The van der Waals surface area contributed by atoms with Crippen LogP contribution < -0.4 is 25.4 Å². The highest BCUT2D eigenvalue weighted by atomic mass is 16.5. The van der Waals surface area contributed by atoms with E-state index in [4.69, 9.17) is 9.47 Å². The Hall–Kier alpha value is -4.08. The number of carbonyl (C=O) groups excluding carboxylic acids is 4. The normalized spacial score (nSPS) is 19.4. The predicted molar refractivity (Wildman–Crippen MR) is 156 cm³/mol. The molecule has 1 aliphatic heterocycles. The van der Waals surface area contributed by atoms with Crippen molar-refractivity contribution in [3.05, 3.63) is 59.7 Å². The molecule has 2 aromatic rings. The number of fused-ring (bicyclic) bond motifs is 1. The summed E-state index contributed by atoms with van der Waals surface area (Å²) in [7, 11) is 3.28. The van der Waals surface area contributed by atoms with Gasteiger partial charge in [-0.1, -0.05) is 44.5 Å². The molecule has 0 fully saturated rings. The van der Waals surface area contributed by atoms with Crippen LogP contribution in [0.4, 0.5) is 0 Å². The molecule has 10 nitrogen and oxygen atoms in total. The second kappa shape index (κ2) is 15.6. The lowest BCUT2D eigenvalue weighted by Crippen LogP contribution is -2.52. The molecule has 1 aliphatic rings. The number of carbonyl (C=O) groups is 4. The van der Waals surface area contributed by atoms with E-state index in [2.05, 4.69) is 16.0 Å². The molecular weight excluding hydrogens is 524 g/mol. The molecule has 3 N–H and O–H groups in total. The van der Waals surface area contributed by atoms with Gasteiger partial charge in [0.25, 0.3) is 5.91 Å². The molecule has 0 aliphatic carbocycles. The van der Waals surface area contributed by atoms with Gasteiger partial charge in [0.2, 0.25) is 17.7 Å². The van der Waals surface area contributed by atoms with E-state index in [1.165, 1.54) is 4.90 Å². The fourth-order valence-corrected chi connectivity index (χ4v) is 4.58. The van der Waals surface area contributed by atoms with Gasteiger partial charge in [0.1, 0.15) is 30.2 Å². The summed E-state index contributed by atoms with van der Waals surface area (Å²) in [6.45, 7) is 4.71. The van der Waals surface area contributed by atoms with E-state index in [-0.39, 0.29) is 55.2 Å². The zero-order valence-electron chi connectivity index (χ0n) is 24.4. The Morgan fingerprint density at radius 3 is 2.68 bits per heavy atom. The summed E-state index contributed by atoms with van der Waals surface area (Å²) in [6.07, 6.45) is 2.15.